The Balaban J connectivity index is 2.47. The second kappa shape index (κ2) is 33.1. The highest BCUT2D eigenvalue weighted by Crippen LogP contribution is 2.29. The second-order valence-corrected chi connectivity index (χ2v) is 25.2. The van der Waals surface area contributed by atoms with E-state index in [-0.39, 0.29) is 91.1 Å². The highest BCUT2D eigenvalue weighted by Gasteiger charge is 2.35. The zero-order chi connectivity index (χ0) is 61.2. The number of para-hydroxylation sites is 2. The van der Waals surface area contributed by atoms with Gasteiger partial charge in [-0.15, -0.1) is 0 Å². The number of rotatable bonds is 34. The average Bonchev–Trinajstić information content (AvgIpc) is 3.38. The highest BCUT2D eigenvalue weighted by molar-refractivity contribution is 7.89. The number of carbonyl (C=O) groups excluding carboxylic acids is 5. The molecule has 26 nitrogen and oxygen atoms in total. The largest absolute Gasteiger partial charge is 0.460 e. The van der Waals surface area contributed by atoms with E-state index in [1.807, 2.05) is 0 Å². The summed E-state index contributed by atoms with van der Waals surface area (Å²) in [5.74, 6) is -0.828. The SMILES string of the molecule is C=CCOC(=O)N[C@@H](CCCCN(CCCN(CCCN(CCCCN(CCCNC(=O)OC(C)(C)C)C(=O)OC(C)(C)C)C(=O)OC(C)(C)C)S(=O)(=O)c1ccccc1[N+](=O)[O-])S(=O)(=O)c1ccccc1[N+](=O)[O-])C(=O)OCC=C. The fourth-order valence-electron chi connectivity index (χ4n) is 7.56. The summed E-state index contributed by atoms with van der Waals surface area (Å²) >= 11 is 0. The lowest BCUT2D eigenvalue weighted by molar-refractivity contribution is -0.388. The molecular formula is C53H82N8O18S2. The minimum atomic E-state index is -4.74. The number of nitrogens with zero attached hydrogens (tertiary/aromatic N) is 6. The Hall–Kier alpha value is -6.91. The number of nitro benzene ring substituents is 2. The maximum atomic E-state index is 14.6. The zero-order valence-electron chi connectivity index (χ0n) is 48.0. The van der Waals surface area contributed by atoms with Crippen LogP contribution < -0.4 is 10.6 Å². The maximum Gasteiger partial charge on any atom is 0.410 e. The van der Waals surface area contributed by atoms with Crippen LogP contribution in [0.25, 0.3) is 0 Å². The van der Waals surface area contributed by atoms with Crippen LogP contribution in [0.15, 0.2) is 83.6 Å². The molecule has 0 aliphatic carbocycles. The predicted octanol–water partition coefficient (Wildman–Crippen LogP) is 8.31. The summed E-state index contributed by atoms with van der Waals surface area (Å²) in [6, 6.07) is 8.09. The second-order valence-electron chi connectivity index (χ2n) is 21.4. The van der Waals surface area contributed by atoms with Crippen LogP contribution in [0.3, 0.4) is 0 Å². The first-order chi connectivity index (χ1) is 37.7. The summed E-state index contributed by atoms with van der Waals surface area (Å²) in [6.45, 7) is 21.1. The average molecular weight is 1180 g/mol. The quantitative estimate of drug-likeness (QED) is 0.0166. The normalized spacial score (nSPS) is 12.4. The molecule has 454 valence electrons. The molecule has 0 spiro atoms. The van der Waals surface area contributed by atoms with Gasteiger partial charge in [-0.2, -0.15) is 8.61 Å². The van der Waals surface area contributed by atoms with Crippen molar-refractivity contribution in [2.24, 2.45) is 0 Å². The fourth-order valence-corrected chi connectivity index (χ4v) is 10.9. The number of alkyl carbamates (subject to hydrolysis) is 2. The van der Waals surface area contributed by atoms with Crippen molar-refractivity contribution in [3.63, 3.8) is 0 Å². The van der Waals surface area contributed by atoms with E-state index in [2.05, 4.69) is 23.8 Å². The van der Waals surface area contributed by atoms with Crippen molar-refractivity contribution in [3.05, 3.63) is 94.1 Å². The van der Waals surface area contributed by atoms with Crippen molar-refractivity contribution < 1.29 is 74.3 Å². The molecular weight excluding hydrogens is 1100 g/mol. The smallest absolute Gasteiger partial charge is 0.410 e. The molecule has 28 heteroatoms. The number of ether oxygens (including phenoxy) is 5. The Morgan fingerprint density at radius 1 is 0.556 bits per heavy atom. The number of hydrogen-bond donors (Lipinski definition) is 2. The molecule has 2 N–H and O–H groups in total. The van der Waals surface area contributed by atoms with Gasteiger partial charge in [-0.3, -0.25) is 20.2 Å². The standard InChI is InChI=1S/C53H82N8O18S2/c1-12-39-75-46(62)41(55-48(64)76-40-13-2)25-18-19-35-58(80(71,72)44-28-16-14-26-42(44)60(67)68)37-24-38-59(81(73,74)45-29-17-15-27-43(45)61(69)70)36-23-34-57(50(66)79-53(9,10)11)32-21-20-31-56(49(65)78-52(6,7)8)33-22-30-54-47(63)77-51(3,4)5/h12-17,26-29,41H,1-2,18-25,30-40H2,3-11H3,(H,54,63)(H,55,64)/t41-/m0/s1. The van der Waals surface area contributed by atoms with Gasteiger partial charge >= 0.3 is 30.3 Å². The van der Waals surface area contributed by atoms with Gasteiger partial charge in [0.1, 0.15) is 36.1 Å². The maximum absolute atomic E-state index is 14.6. The van der Waals surface area contributed by atoms with Crippen LogP contribution >= 0.6 is 0 Å². The third-order valence-electron chi connectivity index (χ3n) is 11.1. The van der Waals surface area contributed by atoms with Crippen molar-refractivity contribution in [2.75, 3.05) is 72.1 Å². The predicted molar refractivity (Wildman–Crippen MR) is 300 cm³/mol. The lowest BCUT2D eigenvalue weighted by atomic mass is 10.1. The summed E-state index contributed by atoms with van der Waals surface area (Å²) in [7, 11) is -9.45. The number of carbonyl (C=O) groups is 5. The topological polar surface area (TPSA) is 323 Å². The number of esters is 1. The lowest BCUT2D eigenvalue weighted by Gasteiger charge is -2.30. The first-order valence-corrected chi connectivity index (χ1v) is 29.3. The molecule has 0 unspecified atom stereocenters. The summed E-state index contributed by atoms with van der Waals surface area (Å²) in [4.78, 5) is 88.6. The summed E-state index contributed by atoms with van der Waals surface area (Å²) in [6.07, 6.45) is 0.534. The molecule has 0 heterocycles. The van der Waals surface area contributed by atoms with Gasteiger partial charge in [-0.1, -0.05) is 49.6 Å². The van der Waals surface area contributed by atoms with Crippen LogP contribution in [0, 0.1) is 20.2 Å². The molecule has 4 amide bonds. The van der Waals surface area contributed by atoms with E-state index in [4.69, 9.17) is 23.7 Å². The molecule has 0 radical (unpaired) electrons. The van der Waals surface area contributed by atoms with Gasteiger partial charge in [0.25, 0.3) is 11.4 Å². The molecule has 0 saturated heterocycles. The van der Waals surface area contributed by atoms with Crippen LogP contribution in [0.4, 0.5) is 30.6 Å². The van der Waals surface area contributed by atoms with Crippen molar-refractivity contribution in [2.45, 2.75) is 146 Å². The number of sulfonamides is 2. The van der Waals surface area contributed by atoms with Crippen LogP contribution in [0.1, 0.15) is 114 Å². The van der Waals surface area contributed by atoms with E-state index in [9.17, 15) is 61.0 Å². The lowest BCUT2D eigenvalue weighted by Crippen LogP contribution is -2.42. The van der Waals surface area contributed by atoms with Crippen LogP contribution in [0.5, 0.6) is 0 Å². The molecule has 0 saturated carbocycles. The molecule has 2 aromatic carbocycles. The molecule has 1 atom stereocenters. The van der Waals surface area contributed by atoms with Crippen molar-refractivity contribution in [3.8, 4) is 0 Å². The van der Waals surface area contributed by atoms with Crippen LogP contribution in [-0.4, -0.2) is 170 Å². The van der Waals surface area contributed by atoms with Crippen molar-refractivity contribution >= 4 is 61.8 Å². The van der Waals surface area contributed by atoms with E-state index >= 15 is 0 Å². The first kappa shape index (κ1) is 70.2. The molecule has 0 bridgehead atoms. The molecule has 2 aromatic rings. The van der Waals surface area contributed by atoms with E-state index in [1.165, 1.54) is 46.2 Å². The van der Waals surface area contributed by atoms with Gasteiger partial charge in [0.15, 0.2) is 9.79 Å². The molecule has 0 aliphatic rings. The van der Waals surface area contributed by atoms with E-state index in [0.29, 0.717) is 19.3 Å². The van der Waals surface area contributed by atoms with E-state index in [1.54, 1.807) is 62.3 Å². The van der Waals surface area contributed by atoms with E-state index in [0.717, 1.165) is 32.9 Å². The number of amides is 4. The molecule has 0 aromatic heterocycles. The number of nitrogens with one attached hydrogen (secondary N) is 2. The number of hydrogen-bond acceptors (Lipinski definition) is 18. The minimum absolute atomic E-state index is 0.0135. The van der Waals surface area contributed by atoms with Crippen molar-refractivity contribution in [1.82, 2.24) is 29.0 Å². The summed E-state index contributed by atoms with van der Waals surface area (Å²) in [5.41, 5.74) is -3.92. The number of benzene rings is 2. The number of unbranched alkanes of at least 4 members (excludes halogenated alkanes) is 2. The molecule has 0 fully saturated rings. The monoisotopic (exact) mass is 1180 g/mol. The van der Waals surface area contributed by atoms with Crippen molar-refractivity contribution in [1.29, 1.82) is 0 Å². The Labute approximate surface area is 475 Å². The Kier molecular flexibility index (Phi) is 28.7. The summed E-state index contributed by atoms with van der Waals surface area (Å²) < 4.78 is 86.5. The van der Waals surface area contributed by atoms with Crippen LogP contribution in [-0.2, 0) is 48.5 Å². The molecule has 0 aliphatic heterocycles. The zero-order valence-corrected chi connectivity index (χ0v) is 49.7. The summed E-state index contributed by atoms with van der Waals surface area (Å²) in [5, 5.41) is 29.3. The number of nitro groups is 2. The van der Waals surface area contributed by atoms with Gasteiger partial charge < -0.3 is 44.1 Å². The Bertz CT molecular complexity index is 2670. The Morgan fingerprint density at radius 2 is 0.938 bits per heavy atom. The molecule has 81 heavy (non-hydrogen) atoms. The highest BCUT2D eigenvalue weighted by atomic mass is 32.2. The fraction of sp³-hybridized carbons (Fsp3) is 0.604. The van der Waals surface area contributed by atoms with Gasteiger partial charge in [-0.05, 0) is 126 Å². The van der Waals surface area contributed by atoms with Gasteiger partial charge in [0.2, 0.25) is 20.0 Å². The first-order valence-electron chi connectivity index (χ1n) is 26.5. The van der Waals surface area contributed by atoms with Gasteiger partial charge in [0.05, 0.1) is 9.85 Å². The van der Waals surface area contributed by atoms with Crippen LogP contribution in [0.2, 0.25) is 0 Å². The van der Waals surface area contributed by atoms with E-state index < -0.39 is 117 Å². The Morgan fingerprint density at radius 3 is 1.37 bits per heavy atom. The van der Waals surface area contributed by atoms with Gasteiger partial charge in [-0.25, -0.2) is 40.8 Å². The molecule has 2 rings (SSSR count). The minimum Gasteiger partial charge on any atom is -0.460 e. The third-order valence-corrected chi connectivity index (χ3v) is 15.0. The van der Waals surface area contributed by atoms with Gasteiger partial charge in [0, 0.05) is 71.0 Å². The third kappa shape index (κ3) is 26.0.